The van der Waals surface area contributed by atoms with Crippen molar-refractivity contribution in [2.75, 3.05) is 11.9 Å². The van der Waals surface area contributed by atoms with Crippen molar-refractivity contribution in [3.63, 3.8) is 0 Å². The number of hydrogen-bond acceptors (Lipinski definition) is 5. The lowest BCUT2D eigenvalue weighted by Crippen LogP contribution is -2.37. The molecule has 3 N–H and O–H groups in total. The van der Waals surface area contributed by atoms with Crippen molar-refractivity contribution in [2.45, 2.75) is 0 Å². The van der Waals surface area contributed by atoms with E-state index in [1.165, 1.54) is 18.2 Å². The van der Waals surface area contributed by atoms with Gasteiger partial charge >= 0.3 is 5.97 Å². The van der Waals surface area contributed by atoms with Crippen LogP contribution in [0.1, 0.15) is 31.1 Å². The molecule has 0 aliphatic carbocycles. The van der Waals surface area contributed by atoms with Gasteiger partial charge in [0.2, 0.25) is 5.91 Å². The van der Waals surface area contributed by atoms with E-state index in [2.05, 4.69) is 5.32 Å². The van der Waals surface area contributed by atoms with E-state index in [4.69, 9.17) is 16.7 Å². The van der Waals surface area contributed by atoms with Crippen molar-refractivity contribution in [3.05, 3.63) is 94.5 Å². The van der Waals surface area contributed by atoms with Gasteiger partial charge in [0.1, 0.15) is 12.3 Å². The highest BCUT2D eigenvalue weighted by Gasteiger charge is 2.36. The Morgan fingerprint density at radius 1 is 0.875 bits per heavy atom. The van der Waals surface area contributed by atoms with Crippen LogP contribution in [0.25, 0.3) is 0 Å². The Balaban J connectivity index is 0.000000269. The molecule has 3 aromatic carbocycles. The normalized spacial score (nSPS) is 12.0. The van der Waals surface area contributed by atoms with Crippen LogP contribution in [0.4, 0.5) is 5.69 Å². The zero-order valence-corrected chi connectivity index (χ0v) is 17.2. The fraction of sp³-hybridized carbons (Fsp3) is 0.0435. The Kier molecular flexibility index (Phi) is 6.87. The number of aromatic hydroxyl groups is 1. The number of halogens is 1. The summed E-state index contributed by atoms with van der Waals surface area (Å²) in [5, 5.41) is 20.3. The van der Waals surface area contributed by atoms with E-state index in [-0.39, 0.29) is 21.9 Å². The smallest absolute Gasteiger partial charge is 0.335 e. The number of carboxylic acids is 1. The number of fused-ring (bicyclic) bond motifs is 1. The molecular weight excluding hydrogens is 436 g/mol. The molecule has 4 rings (SSSR count). The summed E-state index contributed by atoms with van der Waals surface area (Å²) >= 11 is 5.75. The van der Waals surface area contributed by atoms with Gasteiger partial charge in [-0.25, -0.2) is 4.79 Å². The number of hydrogen-bond donors (Lipinski definition) is 3. The Hall–Kier alpha value is -4.17. The number of amides is 3. The minimum atomic E-state index is -0.879. The molecule has 32 heavy (non-hydrogen) atoms. The second-order valence-corrected chi connectivity index (χ2v) is 7.03. The van der Waals surface area contributed by atoms with Crippen LogP contribution >= 0.6 is 11.6 Å². The summed E-state index contributed by atoms with van der Waals surface area (Å²) in [5.74, 6) is -2.52. The Morgan fingerprint density at radius 3 is 1.94 bits per heavy atom. The Labute approximate surface area is 187 Å². The van der Waals surface area contributed by atoms with E-state index < -0.39 is 30.2 Å². The monoisotopic (exact) mass is 452 g/mol. The molecule has 0 atom stereocenters. The first kappa shape index (κ1) is 22.5. The first-order valence-electron chi connectivity index (χ1n) is 9.30. The number of carboxylic acid groups (broad SMARTS) is 1. The zero-order valence-electron chi connectivity index (χ0n) is 16.5. The summed E-state index contributed by atoms with van der Waals surface area (Å²) < 4.78 is 0. The number of nitrogens with zero attached hydrogens (tertiary/aromatic N) is 1. The van der Waals surface area contributed by atoms with Gasteiger partial charge in [0, 0.05) is 5.69 Å². The fourth-order valence-electron chi connectivity index (χ4n) is 2.89. The van der Waals surface area contributed by atoms with Crippen LogP contribution in [0.15, 0.2) is 72.8 Å². The van der Waals surface area contributed by atoms with E-state index in [0.29, 0.717) is 11.3 Å². The second kappa shape index (κ2) is 9.76. The van der Waals surface area contributed by atoms with Crippen LogP contribution in [0.3, 0.4) is 0 Å². The number of imide groups is 1. The van der Waals surface area contributed by atoms with Crippen LogP contribution in [-0.4, -0.2) is 45.3 Å². The highest BCUT2D eigenvalue weighted by atomic mass is 35.5. The molecule has 1 aliphatic heterocycles. The maximum atomic E-state index is 12.2. The van der Waals surface area contributed by atoms with Gasteiger partial charge in [0.15, 0.2) is 0 Å². The Morgan fingerprint density at radius 2 is 1.44 bits per heavy atom. The number of aromatic carboxylic acids is 1. The number of anilines is 1. The number of carbonyl (C=O) groups excluding carboxylic acids is 3. The minimum Gasteiger partial charge on any atom is -0.506 e. The van der Waals surface area contributed by atoms with Gasteiger partial charge in [0.05, 0.1) is 21.7 Å². The SMILES string of the molecule is O=C(CN1C(=O)c2ccccc2C1=O)Nc1ccc(O)c(Cl)c1.O=C(O)c1ccccc1. The number of benzene rings is 3. The molecule has 3 amide bonds. The molecule has 0 spiro atoms. The molecule has 0 aromatic heterocycles. The average Bonchev–Trinajstić information content (AvgIpc) is 3.02. The predicted octanol–water partition coefficient (Wildman–Crippen LogP) is 3.67. The first-order chi connectivity index (χ1) is 15.3. The third-order valence-electron chi connectivity index (χ3n) is 4.43. The van der Waals surface area contributed by atoms with E-state index in [1.54, 1.807) is 54.6 Å². The lowest BCUT2D eigenvalue weighted by molar-refractivity contribution is -0.116. The summed E-state index contributed by atoms with van der Waals surface area (Å²) in [6, 6.07) is 18.9. The van der Waals surface area contributed by atoms with Crippen LogP contribution in [0.2, 0.25) is 5.02 Å². The quantitative estimate of drug-likeness (QED) is 0.410. The van der Waals surface area contributed by atoms with Gasteiger partial charge in [-0.05, 0) is 42.5 Å². The maximum Gasteiger partial charge on any atom is 0.335 e. The molecular formula is C23H17ClN2O6. The van der Waals surface area contributed by atoms with E-state index in [1.807, 2.05) is 0 Å². The topological polar surface area (TPSA) is 124 Å². The van der Waals surface area contributed by atoms with Crippen molar-refractivity contribution in [2.24, 2.45) is 0 Å². The molecule has 0 unspecified atom stereocenters. The van der Waals surface area contributed by atoms with Crippen LogP contribution in [0.5, 0.6) is 5.75 Å². The van der Waals surface area contributed by atoms with Gasteiger partial charge in [-0.2, -0.15) is 0 Å². The highest BCUT2D eigenvalue weighted by Crippen LogP contribution is 2.26. The van der Waals surface area contributed by atoms with Crippen LogP contribution < -0.4 is 5.32 Å². The molecule has 0 saturated heterocycles. The molecule has 0 fully saturated rings. The molecule has 1 aliphatic rings. The van der Waals surface area contributed by atoms with Crippen LogP contribution in [-0.2, 0) is 4.79 Å². The summed E-state index contributed by atoms with van der Waals surface area (Å²) in [5.41, 5.74) is 1.27. The minimum absolute atomic E-state index is 0.0866. The third-order valence-corrected chi connectivity index (χ3v) is 4.73. The summed E-state index contributed by atoms with van der Waals surface area (Å²) in [6.45, 7) is -0.398. The lowest BCUT2D eigenvalue weighted by atomic mass is 10.1. The number of carbonyl (C=O) groups is 4. The number of phenols is 1. The molecule has 1 heterocycles. The second-order valence-electron chi connectivity index (χ2n) is 6.63. The average molecular weight is 453 g/mol. The van der Waals surface area contributed by atoms with E-state index >= 15 is 0 Å². The van der Waals surface area contributed by atoms with Gasteiger partial charge in [-0.3, -0.25) is 19.3 Å². The molecule has 8 nitrogen and oxygen atoms in total. The molecule has 9 heteroatoms. The van der Waals surface area contributed by atoms with Gasteiger partial charge < -0.3 is 15.5 Å². The Bertz CT molecular complexity index is 1160. The largest absolute Gasteiger partial charge is 0.506 e. The summed E-state index contributed by atoms with van der Waals surface area (Å²) in [6.07, 6.45) is 0. The first-order valence-corrected chi connectivity index (χ1v) is 9.67. The zero-order chi connectivity index (χ0) is 23.3. The van der Waals surface area contributed by atoms with Crippen molar-refractivity contribution >= 4 is 41.0 Å². The molecule has 0 saturated carbocycles. The third kappa shape index (κ3) is 5.11. The maximum absolute atomic E-state index is 12.2. The lowest BCUT2D eigenvalue weighted by Gasteiger charge is -2.13. The van der Waals surface area contributed by atoms with Crippen LogP contribution in [0, 0.1) is 0 Å². The molecule has 0 bridgehead atoms. The fourth-order valence-corrected chi connectivity index (χ4v) is 3.07. The summed E-state index contributed by atoms with van der Waals surface area (Å²) in [7, 11) is 0. The van der Waals surface area contributed by atoms with E-state index in [0.717, 1.165) is 4.90 Å². The predicted molar refractivity (Wildman–Crippen MR) is 117 cm³/mol. The van der Waals surface area contributed by atoms with Crippen molar-refractivity contribution in [1.82, 2.24) is 4.90 Å². The van der Waals surface area contributed by atoms with Crippen molar-refractivity contribution < 1.29 is 29.4 Å². The van der Waals surface area contributed by atoms with Crippen molar-refractivity contribution in [3.8, 4) is 5.75 Å². The summed E-state index contributed by atoms with van der Waals surface area (Å²) in [4.78, 5) is 47.5. The standard InChI is InChI=1S/C16H11ClN2O4.C7H6O2/c17-12-7-9(5-6-13(12)20)18-14(21)8-19-15(22)10-3-1-2-4-11(10)16(19)23;8-7(9)6-4-2-1-3-5-6/h1-7,20H,8H2,(H,18,21);1-5H,(H,8,9). The number of phenolic OH excluding ortho intramolecular Hbond substituents is 1. The van der Waals surface area contributed by atoms with Gasteiger partial charge in [-0.15, -0.1) is 0 Å². The molecule has 3 aromatic rings. The van der Waals surface area contributed by atoms with E-state index in [9.17, 15) is 24.3 Å². The number of nitrogens with one attached hydrogen (secondary N) is 1. The highest BCUT2D eigenvalue weighted by molar-refractivity contribution is 6.32. The molecule has 0 radical (unpaired) electrons. The van der Waals surface area contributed by atoms with Gasteiger partial charge in [-0.1, -0.05) is 41.9 Å². The van der Waals surface area contributed by atoms with Gasteiger partial charge in [0.25, 0.3) is 11.8 Å². The molecule has 162 valence electrons. The number of rotatable bonds is 4. The van der Waals surface area contributed by atoms with Crippen molar-refractivity contribution in [1.29, 1.82) is 0 Å².